The number of carbonyl (C=O) groups is 2. The van der Waals surface area contributed by atoms with E-state index in [2.05, 4.69) is 5.32 Å². The molecule has 0 unspecified atom stereocenters. The van der Waals surface area contributed by atoms with Crippen LogP contribution in [0, 0.1) is 0 Å². The van der Waals surface area contributed by atoms with Crippen LogP contribution in [-0.2, 0) is 9.59 Å². The lowest BCUT2D eigenvalue weighted by atomic mass is 10.1. The molecule has 8 N–H and O–H groups in total. The second-order valence-electron chi connectivity index (χ2n) is 3.82. The number of hydrogen-bond donors (Lipinski definition) is 8. The van der Waals surface area contributed by atoms with Crippen molar-refractivity contribution in [3.8, 4) is 0 Å². The number of aliphatic carboxylic acids is 2. The van der Waals surface area contributed by atoms with Gasteiger partial charge in [0.15, 0.2) is 12.2 Å². The topological polar surface area (TPSA) is 188 Å². The maximum atomic E-state index is 9.77. The van der Waals surface area contributed by atoms with Crippen molar-refractivity contribution in [1.29, 1.82) is 0 Å². The van der Waals surface area contributed by atoms with E-state index in [0.717, 1.165) is 0 Å². The van der Waals surface area contributed by atoms with Gasteiger partial charge in [-0.25, -0.2) is 9.59 Å². The zero-order valence-electron chi connectivity index (χ0n) is 9.75. The molecule has 1 saturated heterocycles. The first-order chi connectivity index (χ1) is 8.72. The summed E-state index contributed by atoms with van der Waals surface area (Å²) in [6, 6.07) is -0.347. The number of carboxylic acid groups (broad SMARTS) is 2. The molecule has 5 atom stereocenters. The Bertz CT molecular complexity index is 292. The third kappa shape index (κ3) is 5.46. The Hall–Kier alpha value is -1.30. The van der Waals surface area contributed by atoms with E-state index in [4.69, 9.17) is 35.7 Å². The summed E-state index contributed by atoms with van der Waals surface area (Å²) in [7, 11) is 0. The summed E-state index contributed by atoms with van der Waals surface area (Å²) in [4.78, 5) is 19.5. The van der Waals surface area contributed by atoms with Crippen LogP contribution in [0.1, 0.15) is 0 Å². The number of aliphatic hydroxyl groups is 5. The molecule has 1 fully saturated rings. The van der Waals surface area contributed by atoms with E-state index in [-0.39, 0.29) is 12.6 Å². The second-order valence-corrected chi connectivity index (χ2v) is 3.82. The Labute approximate surface area is 107 Å². The van der Waals surface area contributed by atoms with E-state index < -0.39 is 36.4 Å². The lowest BCUT2D eigenvalue weighted by Crippen LogP contribution is -2.39. The van der Waals surface area contributed by atoms with Gasteiger partial charge in [0.2, 0.25) is 0 Å². The van der Waals surface area contributed by atoms with Crippen LogP contribution in [0.25, 0.3) is 0 Å². The lowest BCUT2D eigenvalue weighted by Gasteiger charge is -2.11. The summed E-state index contributed by atoms with van der Waals surface area (Å²) in [6.07, 6.45) is -6.06. The SMILES string of the molecule is O=C(O)[C@@H](O)[C@H](O)C(=O)O.OC[C@H]1NC[C@@H](O)[C@@H]1O. The van der Waals surface area contributed by atoms with Crippen molar-refractivity contribution in [2.24, 2.45) is 0 Å². The highest BCUT2D eigenvalue weighted by Crippen LogP contribution is 2.05. The zero-order valence-corrected chi connectivity index (χ0v) is 9.75. The van der Waals surface area contributed by atoms with Crippen molar-refractivity contribution >= 4 is 11.9 Å². The van der Waals surface area contributed by atoms with Crippen LogP contribution < -0.4 is 5.32 Å². The lowest BCUT2D eigenvalue weighted by molar-refractivity contribution is -0.165. The fraction of sp³-hybridized carbons (Fsp3) is 0.778. The van der Waals surface area contributed by atoms with Crippen LogP contribution in [0.2, 0.25) is 0 Å². The van der Waals surface area contributed by atoms with Gasteiger partial charge < -0.3 is 41.1 Å². The summed E-state index contributed by atoms with van der Waals surface area (Å²) in [5, 5.41) is 61.7. The Morgan fingerprint density at radius 3 is 1.68 bits per heavy atom. The van der Waals surface area contributed by atoms with Gasteiger partial charge in [-0.1, -0.05) is 0 Å². The third-order valence-electron chi connectivity index (χ3n) is 2.40. The summed E-state index contributed by atoms with van der Waals surface area (Å²) in [5.74, 6) is -3.54. The number of nitrogens with one attached hydrogen (secondary N) is 1. The van der Waals surface area contributed by atoms with Gasteiger partial charge in [-0.05, 0) is 0 Å². The Balaban J connectivity index is 0.000000342. The van der Waals surface area contributed by atoms with Gasteiger partial charge in [0.25, 0.3) is 0 Å². The minimum atomic E-state index is -2.27. The summed E-state index contributed by atoms with van der Waals surface area (Å²) >= 11 is 0. The molecule has 0 aromatic carbocycles. The first-order valence-electron chi connectivity index (χ1n) is 5.24. The fourth-order valence-corrected chi connectivity index (χ4v) is 1.22. The van der Waals surface area contributed by atoms with Crippen LogP contribution in [0.5, 0.6) is 0 Å². The van der Waals surface area contributed by atoms with Crippen molar-refractivity contribution in [3.63, 3.8) is 0 Å². The Morgan fingerprint density at radius 1 is 1.11 bits per heavy atom. The number of rotatable bonds is 4. The molecule has 0 saturated carbocycles. The first kappa shape index (κ1) is 17.7. The predicted octanol–water partition coefficient (Wildman–Crippen LogP) is -4.45. The molecule has 1 aliphatic heterocycles. The van der Waals surface area contributed by atoms with Gasteiger partial charge in [0.05, 0.1) is 24.9 Å². The molecule has 0 amide bonds. The van der Waals surface area contributed by atoms with Crippen LogP contribution in [0.4, 0.5) is 0 Å². The number of hydrogen-bond acceptors (Lipinski definition) is 8. The first-order valence-corrected chi connectivity index (χ1v) is 5.24. The molecule has 0 aromatic rings. The largest absolute Gasteiger partial charge is 0.479 e. The average molecular weight is 283 g/mol. The van der Waals surface area contributed by atoms with Crippen LogP contribution in [-0.4, -0.2) is 91.3 Å². The smallest absolute Gasteiger partial charge is 0.335 e. The van der Waals surface area contributed by atoms with Crippen LogP contribution in [0.3, 0.4) is 0 Å². The van der Waals surface area contributed by atoms with Crippen molar-refractivity contribution in [2.75, 3.05) is 13.2 Å². The fourth-order valence-electron chi connectivity index (χ4n) is 1.22. The molecule has 1 aliphatic rings. The van der Waals surface area contributed by atoms with Gasteiger partial charge in [-0.2, -0.15) is 0 Å². The van der Waals surface area contributed by atoms with Crippen molar-refractivity contribution in [1.82, 2.24) is 5.32 Å². The van der Waals surface area contributed by atoms with Crippen LogP contribution >= 0.6 is 0 Å². The van der Waals surface area contributed by atoms with Crippen LogP contribution in [0.15, 0.2) is 0 Å². The monoisotopic (exact) mass is 283 g/mol. The normalized spacial score (nSPS) is 29.0. The van der Waals surface area contributed by atoms with Gasteiger partial charge in [-0.3, -0.25) is 0 Å². The number of carboxylic acids is 2. The average Bonchev–Trinajstić information content (AvgIpc) is 2.68. The summed E-state index contributed by atoms with van der Waals surface area (Å²) in [6.45, 7) is 0.241. The standard InChI is InChI=1S/C5H11NO3.C4H6O6/c7-2-3-5(9)4(8)1-6-3;5-1(3(7)8)2(6)4(9)10/h3-9H,1-2H2;1-2,5-6H,(H,7,8)(H,9,10)/t3-,4-,5-;1-,2-/m10/s1. The van der Waals surface area contributed by atoms with E-state index >= 15 is 0 Å². The molecular weight excluding hydrogens is 266 g/mol. The van der Waals surface area contributed by atoms with E-state index in [0.29, 0.717) is 6.54 Å². The zero-order chi connectivity index (χ0) is 15.2. The number of β-amino-alcohol motifs (C(OH)–C–C–N with tert-alkyl or cyclic N) is 1. The molecule has 0 aromatic heterocycles. The van der Waals surface area contributed by atoms with Gasteiger partial charge >= 0.3 is 11.9 Å². The molecule has 10 heteroatoms. The molecule has 0 radical (unpaired) electrons. The highest BCUT2D eigenvalue weighted by Gasteiger charge is 2.32. The minimum absolute atomic E-state index is 0.127. The van der Waals surface area contributed by atoms with Gasteiger partial charge in [0, 0.05) is 6.54 Å². The maximum absolute atomic E-state index is 9.77. The van der Waals surface area contributed by atoms with Crippen molar-refractivity contribution in [2.45, 2.75) is 30.5 Å². The highest BCUT2D eigenvalue weighted by atomic mass is 16.4. The minimum Gasteiger partial charge on any atom is -0.479 e. The van der Waals surface area contributed by atoms with E-state index in [1.807, 2.05) is 0 Å². The van der Waals surface area contributed by atoms with Gasteiger partial charge in [0.1, 0.15) is 0 Å². The number of aliphatic hydroxyl groups excluding tert-OH is 5. The molecular formula is C9H17NO9. The molecule has 0 spiro atoms. The molecule has 10 nitrogen and oxygen atoms in total. The second kappa shape index (κ2) is 7.99. The molecule has 0 aliphatic carbocycles. The van der Waals surface area contributed by atoms with Crippen molar-refractivity contribution < 1.29 is 45.3 Å². The molecule has 1 rings (SSSR count). The predicted molar refractivity (Wildman–Crippen MR) is 58.2 cm³/mol. The molecule has 0 bridgehead atoms. The van der Waals surface area contributed by atoms with E-state index in [1.165, 1.54) is 0 Å². The summed E-state index contributed by atoms with van der Waals surface area (Å²) in [5.41, 5.74) is 0. The van der Waals surface area contributed by atoms with Crippen molar-refractivity contribution in [3.05, 3.63) is 0 Å². The Kier molecular flexibility index (Phi) is 7.44. The van der Waals surface area contributed by atoms with Gasteiger partial charge in [-0.15, -0.1) is 0 Å². The Morgan fingerprint density at radius 2 is 1.53 bits per heavy atom. The maximum Gasteiger partial charge on any atom is 0.335 e. The van der Waals surface area contributed by atoms with E-state index in [9.17, 15) is 9.59 Å². The summed E-state index contributed by atoms with van der Waals surface area (Å²) < 4.78 is 0. The third-order valence-corrected chi connectivity index (χ3v) is 2.40. The molecule has 1 heterocycles. The quantitative estimate of drug-likeness (QED) is 0.250. The van der Waals surface area contributed by atoms with E-state index in [1.54, 1.807) is 0 Å². The highest BCUT2D eigenvalue weighted by molar-refractivity contribution is 5.83. The molecule has 19 heavy (non-hydrogen) atoms. The molecule has 112 valence electrons.